The van der Waals surface area contributed by atoms with Gasteiger partial charge in [-0.15, -0.1) is 0 Å². The van der Waals surface area contributed by atoms with Gasteiger partial charge in [-0.05, 0) is 39.0 Å². The SMILES string of the molecule is CC1CCCCN1C(=O)NCCC(=O)N1CCCC1. The van der Waals surface area contributed by atoms with Crippen LogP contribution in [0.1, 0.15) is 45.4 Å². The van der Waals surface area contributed by atoms with Crippen molar-refractivity contribution in [2.45, 2.75) is 51.5 Å². The van der Waals surface area contributed by atoms with Gasteiger partial charge in [0.15, 0.2) is 0 Å². The fourth-order valence-corrected chi connectivity index (χ4v) is 2.90. The molecule has 0 aromatic rings. The summed E-state index contributed by atoms with van der Waals surface area (Å²) in [6, 6.07) is 0.310. The third-order valence-corrected chi connectivity index (χ3v) is 4.14. The largest absolute Gasteiger partial charge is 0.343 e. The van der Waals surface area contributed by atoms with E-state index in [1.165, 1.54) is 6.42 Å². The molecule has 0 radical (unpaired) electrons. The minimum absolute atomic E-state index is 0.0126. The zero-order valence-electron chi connectivity index (χ0n) is 11.9. The van der Waals surface area contributed by atoms with E-state index in [4.69, 9.17) is 0 Å². The molecule has 0 aromatic heterocycles. The molecule has 1 atom stereocenters. The lowest BCUT2D eigenvalue weighted by atomic mass is 10.0. The second-order valence-electron chi connectivity index (χ2n) is 5.61. The van der Waals surface area contributed by atoms with Crippen molar-refractivity contribution in [3.8, 4) is 0 Å². The molecule has 1 unspecified atom stereocenters. The molecule has 5 nitrogen and oxygen atoms in total. The fourth-order valence-electron chi connectivity index (χ4n) is 2.90. The summed E-state index contributed by atoms with van der Waals surface area (Å²) in [5.74, 6) is 0.171. The quantitative estimate of drug-likeness (QED) is 0.844. The molecule has 2 saturated heterocycles. The number of nitrogens with zero attached hydrogens (tertiary/aromatic N) is 2. The molecular weight excluding hydrogens is 242 g/mol. The molecule has 2 aliphatic rings. The van der Waals surface area contributed by atoms with Crippen LogP contribution >= 0.6 is 0 Å². The highest BCUT2D eigenvalue weighted by molar-refractivity contribution is 5.78. The minimum atomic E-state index is -0.0126. The van der Waals surface area contributed by atoms with Crippen molar-refractivity contribution >= 4 is 11.9 Å². The van der Waals surface area contributed by atoms with E-state index in [0.29, 0.717) is 19.0 Å². The van der Waals surface area contributed by atoms with Gasteiger partial charge in [0, 0.05) is 38.6 Å². The zero-order valence-corrected chi connectivity index (χ0v) is 11.9. The van der Waals surface area contributed by atoms with E-state index in [1.54, 1.807) is 0 Å². The summed E-state index contributed by atoms with van der Waals surface area (Å²) in [5.41, 5.74) is 0. The van der Waals surface area contributed by atoms with E-state index in [2.05, 4.69) is 12.2 Å². The molecule has 0 saturated carbocycles. The molecule has 108 valence electrons. The third-order valence-electron chi connectivity index (χ3n) is 4.14. The second-order valence-corrected chi connectivity index (χ2v) is 5.61. The average Bonchev–Trinajstić information content (AvgIpc) is 2.93. The van der Waals surface area contributed by atoms with Crippen molar-refractivity contribution in [1.82, 2.24) is 15.1 Å². The van der Waals surface area contributed by atoms with Gasteiger partial charge >= 0.3 is 6.03 Å². The lowest BCUT2D eigenvalue weighted by Crippen LogP contribution is -2.48. The van der Waals surface area contributed by atoms with E-state index in [9.17, 15) is 9.59 Å². The summed E-state index contributed by atoms with van der Waals surface area (Å²) in [6.07, 6.45) is 6.03. The molecule has 2 rings (SSSR count). The van der Waals surface area contributed by atoms with Crippen LogP contribution in [0.25, 0.3) is 0 Å². The van der Waals surface area contributed by atoms with Crippen molar-refractivity contribution in [2.24, 2.45) is 0 Å². The van der Waals surface area contributed by atoms with Crippen LogP contribution in [0.3, 0.4) is 0 Å². The highest BCUT2D eigenvalue weighted by Gasteiger charge is 2.23. The monoisotopic (exact) mass is 267 g/mol. The Bertz CT molecular complexity index is 327. The molecule has 2 heterocycles. The highest BCUT2D eigenvalue weighted by atomic mass is 16.2. The van der Waals surface area contributed by atoms with Gasteiger partial charge in [-0.2, -0.15) is 0 Å². The molecule has 0 aromatic carbocycles. The second kappa shape index (κ2) is 6.78. The van der Waals surface area contributed by atoms with Crippen molar-refractivity contribution in [3.63, 3.8) is 0 Å². The molecule has 2 aliphatic heterocycles. The first-order chi connectivity index (χ1) is 9.18. The number of piperidine rings is 1. The summed E-state index contributed by atoms with van der Waals surface area (Å²) in [5, 5.41) is 2.88. The van der Waals surface area contributed by atoms with Gasteiger partial charge < -0.3 is 15.1 Å². The first kappa shape index (κ1) is 14.2. The molecular formula is C14H25N3O2. The van der Waals surface area contributed by atoms with Crippen LogP contribution in [0.5, 0.6) is 0 Å². The summed E-state index contributed by atoms with van der Waals surface area (Å²) in [7, 11) is 0. The Hall–Kier alpha value is -1.26. The van der Waals surface area contributed by atoms with Crippen LogP contribution in [-0.2, 0) is 4.79 Å². The first-order valence-corrected chi connectivity index (χ1v) is 7.51. The average molecular weight is 267 g/mol. The Morgan fingerprint density at radius 2 is 1.79 bits per heavy atom. The first-order valence-electron chi connectivity index (χ1n) is 7.51. The Morgan fingerprint density at radius 3 is 2.47 bits per heavy atom. The van der Waals surface area contributed by atoms with Gasteiger partial charge in [-0.25, -0.2) is 4.79 Å². The Balaban J connectivity index is 1.67. The molecule has 2 fully saturated rings. The van der Waals surface area contributed by atoms with Gasteiger partial charge in [0.1, 0.15) is 0 Å². The maximum absolute atomic E-state index is 12.0. The summed E-state index contributed by atoms with van der Waals surface area (Å²) in [6.45, 7) is 5.16. The van der Waals surface area contributed by atoms with Crippen LogP contribution in [0, 0.1) is 0 Å². The van der Waals surface area contributed by atoms with Crippen LogP contribution in [0.4, 0.5) is 4.79 Å². The number of rotatable bonds is 3. The third kappa shape index (κ3) is 3.85. The van der Waals surface area contributed by atoms with Crippen LogP contribution in [0.15, 0.2) is 0 Å². The van der Waals surface area contributed by atoms with E-state index >= 15 is 0 Å². The number of carbonyl (C=O) groups is 2. The van der Waals surface area contributed by atoms with Gasteiger partial charge in [0.2, 0.25) is 5.91 Å². The van der Waals surface area contributed by atoms with Crippen molar-refractivity contribution in [1.29, 1.82) is 0 Å². The standard InChI is InChI=1S/C14H25N3O2/c1-12-6-2-3-11-17(12)14(19)15-8-7-13(18)16-9-4-5-10-16/h12H,2-11H2,1H3,(H,15,19). The highest BCUT2D eigenvalue weighted by Crippen LogP contribution is 2.16. The number of nitrogens with one attached hydrogen (secondary N) is 1. The predicted octanol–water partition coefficient (Wildman–Crippen LogP) is 1.58. The lowest BCUT2D eigenvalue weighted by molar-refractivity contribution is -0.129. The van der Waals surface area contributed by atoms with Crippen molar-refractivity contribution < 1.29 is 9.59 Å². The number of likely N-dealkylation sites (tertiary alicyclic amines) is 2. The normalized spacial score (nSPS) is 23.5. The zero-order chi connectivity index (χ0) is 13.7. The topological polar surface area (TPSA) is 52.7 Å². The van der Waals surface area contributed by atoms with E-state index in [1.807, 2.05) is 9.80 Å². The molecule has 0 spiro atoms. The van der Waals surface area contributed by atoms with Crippen molar-refractivity contribution in [3.05, 3.63) is 0 Å². The predicted molar refractivity (Wildman–Crippen MR) is 73.8 cm³/mol. The van der Waals surface area contributed by atoms with E-state index in [0.717, 1.165) is 45.3 Å². The summed E-state index contributed by atoms with van der Waals surface area (Å²) in [4.78, 5) is 27.6. The molecule has 1 N–H and O–H groups in total. The lowest BCUT2D eigenvalue weighted by Gasteiger charge is -2.33. The number of urea groups is 1. The number of carbonyl (C=O) groups excluding carboxylic acids is 2. The smallest absolute Gasteiger partial charge is 0.317 e. The Morgan fingerprint density at radius 1 is 1.11 bits per heavy atom. The number of hydrogen-bond donors (Lipinski definition) is 1. The minimum Gasteiger partial charge on any atom is -0.343 e. The summed E-state index contributed by atoms with van der Waals surface area (Å²) < 4.78 is 0. The van der Waals surface area contributed by atoms with E-state index < -0.39 is 0 Å². The fraction of sp³-hybridized carbons (Fsp3) is 0.857. The molecule has 3 amide bonds. The maximum Gasteiger partial charge on any atom is 0.317 e. The molecule has 0 aliphatic carbocycles. The van der Waals surface area contributed by atoms with Crippen LogP contribution in [-0.4, -0.2) is 54.0 Å². The Labute approximate surface area is 115 Å². The van der Waals surface area contributed by atoms with Gasteiger partial charge in [0.25, 0.3) is 0 Å². The Kier molecular flexibility index (Phi) is 5.05. The van der Waals surface area contributed by atoms with Gasteiger partial charge in [0.05, 0.1) is 0 Å². The van der Waals surface area contributed by atoms with Gasteiger partial charge in [-0.3, -0.25) is 4.79 Å². The molecule has 19 heavy (non-hydrogen) atoms. The number of amides is 3. The van der Waals surface area contributed by atoms with Crippen LogP contribution < -0.4 is 5.32 Å². The summed E-state index contributed by atoms with van der Waals surface area (Å²) >= 11 is 0. The molecule has 0 bridgehead atoms. The maximum atomic E-state index is 12.0. The van der Waals surface area contributed by atoms with E-state index in [-0.39, 0.29) is 11.9 Å². The van der Waals surface area contributed by atoms with Crippen LogP contribution in [0.2, 0.25) is 0 Å². The van der Waals surface area contributed by atoms with Crippen molar-refractivity contribution in [2.75, 3.05) is 26.2 Å². The molecule has 5 heteroatoms. The number of hydrogen-bond acceptors (Lipinski definition) is 2. The van der Waals surface area contributed by atoms with Gasteiger partial charge in [-0.1, -0.05) is 0 Å².